The van der Waals surface area contributed by atoms with E-state index >= 15 is 0 Å². The Kier molecular flexibility index (Phi) is 4.66. The Balaban J connectivity index is 1.32. The van der Waals surface area contributed by atoms with Crippen LogP contribution in [0.25, 0.3) is 0 Å². The Hall–Kier alpha value is -0.820. The van der Waals surface area contributed by atoms with Crippen LogP contribution in [-0.4, -0.2) is 6.04 Å². The van der Waals surface area contributed by atoms with Gasteiger partial charge in [0.2, 0.25) is 0 Å². The van der Waals surface area contributed by atoms with E-state index in [-0.39, 0.29) is 0 Å². The zero-order chi connectivity index (χ0) is 18.5. The van der Waals surface area contributed by atoms with E-state index in [0.717, 1.165) is 36.3 Å². The highest BCUT2D eigenvalue weighted by molar-refractivity contribution is 5.16. The van der Waals surface area contributed by atoms with Gasteiger partial charge in [-0.2, -0.15) is 0 Å². The summed E-state index contributed by atoms with van der Waals surface area (Å²) in [5.41, 5.74) is 2.65. The molecule has 0 saturated heterocycles. The van der Waals surface area contributed by atoms with Crippen LogP contribution in [0.15, 0.2) is 30.3 Å². The minimum atomic E-state index is 0.536. The molecule has 1 nitrogen and oxygen atoms in total. The molecular formula is C26H39N. The largest absolute Gasteiger partial charge is 0.309 e. The van der Waals surface area contributed by atoms with Crippen LogP contribution in [0, 0.1) is 34.5 Å². The molecule has 0 spiro atoms. The number of fused-ring (bicyclic) bond motifs is 5. The maximum Gasteiger partial charge on any atom is 0.0208 e. The fraction of sp³-hybridized carbons (Fsp3) is 0.769. The maximum atomic E-state index is 4.00. The molecule has 0 bridgehead atoms. The highest BCUT2D eigenvalue weighted by Crippen LogP contribution is 2.66. The molecule has 1 heteroatoms. The monoisotopic (exact) mass is 365 g/mol. The lowest BCUT2D eigenvalue weighted by Crippen LogP contribution is -2.54. The van der Waals surface area contributed by atoms with E-state index in [4.69, 9.17) is 0 Å². The summed E-state index contributed by atoms with van der Waals surface area (Å²) in [5.74, 6) is 4.07. The molecule has 4 aliphatic carbocycles. The number of hydrogen-bond donors (Lipinski definition) is 1. The molecule has 1 N–H and O–H groups in total. The average molecular weight is 366 g/mol. The Morgan fingerprint density at radius 2 is 1.63 bits per heavy atom. The third kappa shape index (κ3) is 2.91. The highest BCUT2D eigenvalue weighted by Gasteiger charge is 2.59. The van der Waals surface area contributed by atoms with E-state index in [9.17, 15) is 0 Å². The van der Waals surface area contributed by atoms with Crippen molar-refractivity contribution in [3.05, 3.63) is 35.9 Å². The van der Waals surface area contributed by atoms with Crippen LogP contribution in [-0.2, 0) is 6.54 Å². The van der Waals surface area contributed by atoms with Gasteiger partial charge in [-0.05, 0) is 91.4 Å². The molecule has 1 aromatic carbocycles. The summed E-state index contributed by atoms with van der Waals surface area (Å²) in [5, 5.41) is 4.00. The summed E-state index contributed by atoms with van der Waals surface area (Å²) >= 11 is 0. The summed E-state index contributed by atoms with van der Waals surface area (Å²) in [7, 11) is 0. The molecule has 0 radical (unpaired) electrons. The third-order valence-corrected chi connectivity index (χ3v) is 9.98. The van der Waals surface area contributed by atoms with E-state index in [1.165, 1.54) is 69.8 Å². The molecule has 0 aliphatic heterocycles. The first-order chi connectivity index (χ1) is 13.1. The topological polar surface area (TPSA) is 12.0 Å². The average Bonchev–Trinajstić information content (AvgIpc) is 3.03. The van der Waals surface area contributed by atoms with Gasteiger partial charge in [0.05, 0.1) is 0 Å². The third-order valence-electron chi connectivity index (χ3n) is 9.98. The minimum absolute atomic E-state index is 0.536. The van der Waals surface area contributed by atoms with E-state index < -0.39 is 0 Å². The normalized spacial score (nSPS) is 46.4. The molecule has 148 valence electrons. The van der Waals surface area contributed by atoms with Crippen LogP contribution in [0.5, 0.6) is 0 Å². The van der Waals surface area contributed by atoms with Crippen molar-refractivity contribution in [1.29, 1.82) is 0 Å². The first-order valence-corrected chi connectivity index (χ1v) is 11.9. The number of rotatable bonds is 3. The smallest absolute Gasteiger partial charge is 0.0208 e. The predicted molar refractivity (Wildman–Crippen MR) is 113 cm³/mol. The van der Waals surface area contributed by atoms with Crippen LogP contribution < -0.4 is 5.32 Å². The van der Waals surface area contributed by atoms with Crippen LogP contribution in [0.3, 0.4) is 0 Å². The van der Waals surface area contributed by atoms with Gasteiger partial charge in [0, 0.05) is 12.6 Å². The van der Waals surface area contributed by atoms with Gasteiger partial charge in [-0.1, -0.05) is 57.0 Å². The van der Waals surface area contributed by atoms with Crippen molar-refractivity contribution in [2.45, 2.75) is 90.6 Å². The zero-order valence-electron chi connectivity index (χ0n) is 17.6. The molecule has 4 fully saturated rings. The van der Waals surface area contributed by atoms with Crippen LogP contribution in [0.2, 0.25) is 0 Å². The van der Waals surface area contributed by atoms with Crippen molar-refractivity contribution in [3.63, 3.8) is 0 Å². The SMILES string of the molecule is C[C@]12CCCC[C@@H]1CC[C@@H]1[C@@H]2CC[C@]2(C)[C@@H](NCc3ccccc3)CC[C@@H]12. The van der Waals surface area contributed by atoms with Crippen LogP contribution >= 0.6 is 0 Å². The Morgan fingerprint density at radius 3 is 2.48 bits per heavy atom. The summed E-state index contributed by atoms with van der Waals surface area (Å²) < 4.78 is 0. The van der Waals surface area contributed by atoms with Gasteiger partial charge in [0.25, 0.3) is 0 Å². The Labute approximate surface area is 166 Å². The number of nitrogens with one attached hydrogen (secondary N) is 1. The molecule has 4 saturated carbocycles. The van der Waals surface area contributed by atoms with Gasteiger partial charge in [-0.15, -0.1) is 0 Å². The highest BCUT2D eigenvalue weighted by atomic mass is 14.9. The summed E-state index contributed by atoms with van der Waals surface area (Å²) in [6.45, 7) is 6.40. The van der Waals surface area contributed by atoms with Gasteiger partial charge in [0.15, 0.2) is 0 Å². The van der Waals surface area contributed by atoms with E-state index in [0.29, 0.717) is 10.8 Å². The van der Waals surface area contributed by atoms with Crippen LogP contribution in [0.1, 0.15) is 83.6 Å². The second kappa shape index (κ2) is 6.90. The second-order valence-corrected chi connectivity index (χ2v) is 10.9. The molecular weight excluding hydrogens is 326 g/mol. The van der Waals surface area contributed by atoms with Gasteiger partial charge in [-0.25, -0.2) is 0 Å². The lowest BCUT2D eigenvalue weighted by molar-refractivity contribution is -0.107. The van der Waals surface area contributed by atoms with Crippen molar-refractivity contribution in [1.82, 2.24) is 5.32 Å². The lowest BCUT2D eigenvalue weighted by Gasteiger charge is -2.60. The zero-order valence-corrected chi connectivity index (χ0v) is 17.6. The van der Waals surface area contributed by atoms with Crippen molar-refractivity contribution in [3.8, 4) is 0 Å². The molecule has 0 amide bonds. The number of hydrogen-bond acceptors (Lipinski definition) is 1. The molecule has 0 aromatic heterocycles. The minimum Gasteiger partial charge on any atom is -0.309 e. The lowest BCUT2D eigenvalue weighted by atomic mass is 9.45. The van der Waals surface area contributed by atoms with E-state index in [1.807, 2.05) is 0 Å². The van der Waals surface area contributed by atoms with Crippen molar-refractivity contribution >= 4 is 0 Å². The standard InChI is InChI=1S/C26H39N/c1-25-16-7-6-10-20(25)11-12-21-22-13-14-24(26(22,2)17-15-23(21)25)27-18-19-8-4-3-5-9-19/h3-5,8-9,20-24,27H,6-7,10-18H2,1-2H3/t20-,21+,22+,23+,24+,25+,26+/m1/s1. The second-order valence-electron chi connectivity index (χ2n) is 10.9. The first kappa shape index (κ1) is 18.2. The molecule has 4 aliphatic rings. The quantitative estimate of drug-likeness (QED) is 0.638. The Morgan fingerprint density at radius 1 is 0.815 bits per heavy atom. The molecule has 0 unspecified atom stereocenters. The summed E-state index contributed by atoms with van der Waals surface area (Å²) in [6.07, 6.45) is 15.0. The van der Waals surface area contributed by atoms with Crippen molar-refractivity contribution < 1.29 is 0 Å². The fourth-order valence-corrected chi connectivity index (χ4v) is 8.47. The molecule has 7 atom stereocenters. The predicted octanol–water partition coefficient (Wildman–Crippen LogP) is 6.58. The molecule has 27 heavy (non-hydrogen) atoms. The van der Waals surface area contributed by atoms with Crippen molar-refractivity contribution in [2.75, 3.05) is 0 Å². The van der Waals surface area contributed by atoms with Crippen LogP contribution in [0.4, 0.5) is 0 Å². The van der Waals surface area contributed by atoms with Gasteiger partial charge >= 0.3 is 0 Å². The van der Waals surface area contributed by atoms with Gasteiger partial charge < -0.3 is 5.32 Å². The maximum absolute atomic E-state index is 4.00. The van der Waals surface area contributed by atoms with Gasteiger partial charge in [-0.3, -0.25) is 0 Å². The number of benzene rings is 1. The summed E-state index contributed by atoms with van der Waals surface area (Å²) in [4.78, 5) is 0. The summed E-state index contributed by atoms with van der Waals surface area (Å²) in [6, 6.07) is 11.7. The van der Waals surface area contributed by atoms with Gasteiger partial charge in [0.1, 0.15) is 0 Å². The van der Waals surface area contributed by atoms with Crippen molar-refractivity contribution in [2.24, 2.45) is 34.5 Å². The first-order valence-electron chi connectivity index (χ1n) is 11.9. The fourth-order valence-electron chi connectivity index (χ4n) is 8.47. The Bertz CT molecular complexity index is 653. The molecule has 0 heterocycles. The van der Waals surface area contributed by atoms with E-state index in [2.05, 4.69) is 49.5 Å². The molecule has 5 rings (SSSR count). The molecule has 1 aromatic rings. The van der Waals surface area contributed by atoms with E-state index in [1.54, 1.807) is 0 Å².